The average Bonchev–Trinajstić information content (AvgIpc) is 2.91. The third-order valence-electron chi connectivity index (χ3n) is 4.26. The lowest BCUT2D eigenvalue weighted by atomic mass is 9.82. The van der Waals surface area contributed by atoms with Crippen LogP contribution in [0.2, 0.25) is 5.28 Å². The molecular formula is C15H20ClN3OS. The average molecular weight is 326 g/mol. The van der Waals surface area contributed by atoms with E-state index in [9.17, 15) is 5.11 Å². The first-order valence-electron chi connectivity index (χ1n) is 7.51. The van der Waals surface area contributed by atoms with E-state index in [1.54, 1.807) is 11.3 Å². The van der Waals surface area contributed by atoms with Gasteiger partial charge in [-0.15, -0.1) is 11.3 Å². The van der Waals surface area contributed by atoms with Gasteiger partial charge >= 0.3 is 0 Å². The molecule has 2 N–H and O–H groups in total. The molecule has 0 saturated heterocycles. The molecule has 1 aliphatic rings. The van der Waals surface area contributed by atoms with Crippen molar-refractivity contribution >= 4 is 39.0 Å². The molecule has 4 nitrogen and oxygen atoms in total. The second kappa shape index (κ2) is 6.07. The topological polar surface area (TPSA) is 58.0 Å². The Balaban J connectivity index is 2.00. The monoisotopic (exact) mass is 325 g/mol. The van der Waals surface area contributed by atoms with E-state index in [0.717, 1.165) is 48.1 Å². The van der Waals surface area contributed by atoms with Crippen LogP contribution in [0, 0.1) is 0 Å². The molecule has 6 heteroatoms. The van der Waals surface area contributed by atoms with E-state index in [1.165, 1.54) is 11.3 Å². The van der Waals surface area contributed by atoms with Crippen LogP contribution in [0.25, 0.3) is 10.2 Å². The minimum atomic E-state index is -0.267. The molecule has 2 heterocycles. The molecule has 1 aliphatic carbocycles. The Kier molecular flexibility index (Phi) is 4.33. The molecule has 0 unspecified atom stereocenters. The van der Waals surface area contributed by atoms with Gasteiger partial charge in [0.2, 0.25) is 5.28 Å². The maximum Gasteiger partial charge on any atom is 0.225 e. The molecule has 0 aromatic carbocycles. The summed E-state index contributed by atoms with van der Waals surface area (Å²) in [6.45, 7) is 2.25. The van der Waals surface area contributed by atoms with Gasteiger partial charge in [-0.3, -0.25) is 0 Å². The van der Waals surface area contributed by atoms with Crippen molar-refractivity contribution in [1.82, 2.24) is 9.97 Å². The first-order chi connectivity index (χ1) is 10.2. The van der Waals surface area contributed by atoms with Gasteiger partial charge in [-0.1, -0.05) is 26.2 Å². The van der Waals surface area contributed by atoms with Crippen molar-refractivity contribution in [1.29, 1.82) is 0 Å². The molecule has 2 aromatic heterocycles. The first-order valence-corrected chi connectivity index (χ1v) is 8.70. The fourth-order valence-electron chi connectivity index (χ4n) is 3.02. The van der Waals surface area contributed by atoms with E-state index in [0.29, 0.717) is 0 Å². The van der Waals surface area contributed by atoms with Crippen LogP contribution < -0.4 is 5.32 Å². The largest absolute Gasteiger partial charge is 0.394 e. The number of hydrogen-bond donors (Lipinski definition) is 2. The zero-order valence-corrected chi connectivity index (χ0v) is 13.7. The summed E-state index contributed by atoms with van der Waals surface area (Å²) < 4.78 is 0. The second-order valence-electron chi connectivity index (χ2n) is 5.75. The second-order valence-corrected chi connectivity index (χ2v) is 7.20. The lowest BCUT2D eigenvalue weighted by molar-refractivity contribution is 0.172. The number of halogens is 1. The molecule has 114 valence electrons. The molecule has 0 atom stereocenters. The van der Waals surface area contributed by atoms with Crippen molar-refractivity contribution in [2.75, 3.05) is 11.9 Å². The zero-order valence-electron chi connectivity index (χ0n) is 12.2. The van der Waals surface area contributed by atoms with Crippen molar-refractivity contribution in [2.45, 2.75) is 51.0 Å². The molecule has 3 rings (SSSR count). The zero-order chi connectivity index (χ0) is 14.9. The SMILES string of the molecule is CCc1cc2c(NC3(CO)CCCCC3)nc(Cl)nc2s1. The van der Waals surface area contributed by atoms with Crippen LogP contribution >= 0.6 is 22.9 Å². The number of aryl methyl sites for hydroxylation is 1. The van der Waals surface area contributed by atoms with Gasteiger partial charge in [-0.05, 0) is 36.9 Å². The van der Waals surface area contributed by atoms with Crippen LogP contribution in [-0.2, 0) is 6.42 Å². The quantitative estimate of drug-likeness (QED) is 0.834. The van der Waals surface area contributed by atoms with Crippen molar-refractivity contribution < 1.29 is 5.11 Å². The predicted octanol–water partition coefficient (Wildman–Crippen LogP) is 4.01. The van der Waals surface area contributed by atoms with Gasteiger partial charge in [-0.2, -0.15) is 0 Å². The third kappa shape index (κ3) is 3.00. The Morgan fingerprint density at radius 2 is 2.10 bits per heavy atom. The normalized spacial score (nSPS) is 18.0. The number of nitrogens with zero attached hydrogens (tertiary/aromatic N) is 2. The summed E-state index contributed by atoms with van der Waals surface area (Å²) in [5, 5.41) is 14.6. The predicted molar refractivity (Wildman–Crippen MR) is 88.3 cm³/mol. The molecule has 1 fully saturated rings. The highest BCUT2D eigenvalue weighted by atomic mass is 35.5. The summed E-state index contributed by atoms with van der Waals surface area (Å²) in [5.41, 5.74) is -0.267. The molecule has 21 heavy (non-hydrogen) atoms. The number of anilines is 1. The smallest absolute Gasteiger partial charge is 0.225 e. The molecule has 1 saturated carbocycles. The van der Waals surface area contributed by atoms with E-state index < -0.39 is 0 Å². The number of aromatic nitrogens is 2. The highest BCUT2D eigenvalue weighted by Crippen LogP contribution is 2.35. The summed E-state index contributed by atoms with van der Waals surface area (Å²) in [5.74, 6) is 0.761. The van der Waals surface area contributed by atoms with Crippen molar-refractivity contribution in [3.8, 4) is 0 Å². The molecule has 0 bridgehead atoms. The molecule has 0 aliphatic heterocycles. The third-order valence-corrected chi connectivity index (χ3v) is 5.60. The maximum atomic E-state index is 9.86. The van der Waals surface area contributed by atoms with Gasteiger partial charge in [0.1, 0.15) is 10.6 Å². The molecule has 0 amide bonds. The van der Waals surface area contributed by atoms with Crippen LogP contribution in [0.1, 0.15) is 43.9 Å². The fourth-order valence-corrected chi connectivity index (χ4v) is 4.20. The summed E-state index contributed by atoms with van der Waals surface area (Å²) in [7, 11) is 0. The Morgan fingerprint density at radius 3 is 2.76 bits per heavy atom. The van der Waals surface area contributed by atoms with Gasteiger partial charge in [0.15, 0.2) is 0 Å². The van der Waals surface area contributed by atoms with Gasteiger partial charge in [0.05, 0.1) is 17.5 Å². The molecule has 2 aromatic rings. The number of hydrogen-bond acceptors (Lipinski definition) is 5. The number of nitrogens with one attached hydrogen (secondary N) is 1. The van der Waals surface area contributed by atoms with Crippen molar-refractivity contribution in [2.24, 2.45) is 0 Å². The molecular weight excluding hydrogens is 306 g/mol. The maximum absolute atomic E-state index is 9.86. The highest BCUT2D eigenvalue weighted by molar-refractivity contribution is 7.18. The lowest BCUT2D eigenvalue weighted by Crippen LogP contribution is -2.44. The van der Waals surface area contributed by atoms with Gasteiger partial charge in [0.25, 0.3) is 0 Å². The first kappa shape index (κ1) is 15.0. The van der Waals surface area contributed by atoms with Crippen LogP contribution in [0.5, 0.6) is 0 Å². The van der Waals surface area contributed by atoms with Crippen molar-refractivity contribution in [3.63, 3.8) is 0 Å². The number of rotatable bonds is 4. The van der Waals surface area contributed by atoms with Gasteiger partial charge < -0.3 is 10.4 Å². The molecule has 0 radical (unpaired) electrons. The van der Waals surface area contributed by atoms with E-state index in [-0.39, 0.29) is 17.4 Å². The highest BCUT2D eigenvalue weighted by Gasteiger charge is 2.32. The van der Waals surface area contributed by atoms with Gasteiger partial charge in [-0.25, -0.2) is 9.97 Å². The van der Waals surface area contributed by atoms with E-state index in [2.05, 4.69) is 28.3 Å². The fraction of sp³-hybridized carbons (Fsp3) is 0.600. The summed E-state index contributed by atoms with van der Waals surface area (Å²) >= 11 is 7.72. The number of thiophene rings is 1. The van der Waals surface area contributed by atoms with Crippen LogP contribution in [0.15, 0.2) is 6.07 Å². The van der Waals surface area contributed by atoms with Gasteiger partial charge in [0, 0.05) is 4.88 Å². The standard InChI is InChI=1S/C15H20ClN3OS/c1-2-10-8-11-12(17-14(16)18-13(11)21-10)19-15(9-20)6-4-3-5-7-15/h8,20H,2-7,9H2,1H3,(H,17,18,19). The van der Waals surface area contributed by atoms with Crippen LogP contribution in [-0.4, -0.2) is 27.2 Å². The molecule has 0 spiro atoms. The number of aliphatic hydroxyl groups is 1. The summed E-state index contributed by atoms with van der Waals surface area (Å²) in [6.07, 6.45) is 6.43. The Bertz CT molecular complexity index is 637. The number of aliphatic hydroxyl groups excluding tert-OH is 1. The minimum absolute atomic E-state index is 0.126. The van der Waals surface area contributed by atoms with Crippen molar-refractivity contribution in [3.05, 3.63) is 16.2 Å². The van der Waals surface area contributed by atoms with Crippen LogP contribution in [0.4, 0.5) is 5.82 Å². The van der Waals surface area contributed by atoms with E-state index >= 15 is 0 Å². The number of fused-ring (bicyclic) bond motifs is 1. The summed E-state index contributed by atoms with van der Waals surface area (Å²) in [6, 6.07) is 2.13. The lowest BCUT2D eigenvalue weighted by Gasteiger charge is -2.37. The van der Waals surface area contributed by atoms with E-state index in [4.69, 9.17) is 11.6 Å². The van der Waals surface area contributed by atoms with Crippen LogP contribution in [0.3, 0.4) is 0 Å². The van der Waals surface area contributed by atoms with E-state index in [1.807, 2.05) is 0 Å². The Hall–Kier alpha value is -0.910. The Labute approximate surface area is 133 Å². The summed E-state index contributed by atoms with van der Waals surface area (Å²) in [4.78, 5) is 10.9. The minimum Gasteiger partial charge on any atom is -0.394 e. The Morgan fingerprint density at radius 1 is 1.33 bits per heavy atom.